The molecule has 0 aromatic carbocycles. The summed E-state index contributed by atoms with van der Waals surface area (Å²) in [4.78, 5) is 4.64. The Balaban J connectivity index is 2.72. The lowest BCUT2D eigenvalue weighted by Gasteiger charge is -2.29. The standard InChI is InChI=1S/C12H24N2O/c1-5-6-14-7-11(8-15)13(4)9-12(2,3)10-14/h5,11,15H,1,6-10H2,2-4H3. The van der Waals surface area contributed by atoms with Gasteiger partial charge in [-0.2, -0.15) is 0 Å². The molecule has 1 heterocycles. The van der Waals surface area contributed by atoms with Crippen molar-refractivity contribution in [1.29, 1.82) is 0 Å². The van der Waals surface area contributed by atoms with E-state index in [0.717, 1.165) is 26.2 Å². The van der Waals surface area contributed by atoms with Crippen LogP contribution in [0.4, 0.5) is 0 Å². The third kappa shape index (κ3) is 3.59. The lowest BCUT2D eigenvalue weighted by molar-refractivity contribution is 0.128. The molecule has 1 unspecified atom stereocenters. The van der Waals surface area contributed by atoms with Gasteiger partial charge in [-0.25, -0.2) is 0 Å². The Morgan fingerprint density at radius 1 is 1.47 bits per heavy atom. The van der Waals surface area contributed by atoms with Crippen molar-refractivity contribution in [1.82, 2.24) is 9.80 Å². The number of aliphatic hydroxyl groups excluding tert-OH is 1. The molecule has 3 nitrogen and oxygen atoms in total. The Bertz CT molecular complexity index is 216. The molecule has 1 N–H and O–H groups in total. The van der Waals surface area contributed by atoms with E-state index >= 15 is 0 Å². The molecule has 0 radical (unpaired) electrons. The third-order valence-corrected chi connectivity index (χ3v) is 3.02. The molecule has 0 spiro atoms. The second-order valence-electron chi connectivity index (χ2n) is 5.40. The first-order chi connectivity index (χ1) is 6.98. The predicted octanol–water partition coefficient (Wildman–Crippen LogP) is 0.807. The highest BCUT2D eigenvalue weighted by atomic mass is 16.3. The minimum Gasteiger partial charge on any atom is -0.395 e. The monoisotopic (exact) mass is 212 g/mol. The number of nitrogens with zero attached hydrogens (tertiary/aromatic N) is 2. The van der Waals surface area contributed by atoms with Gasteiger partial charge in [0.15, 0.2) is 0 Å². The average Bonchev–Trinajstić information content (AvgIpc) is 2.21. The van der Waals surface area contributed by atoms with Crippen molar-refractivity contribution in [2.24, 2.45) is 5.41 Å². The van der Waals surface area contributed by atoms with E-state index in [0.29, 0.717) is 0 Å². The van der Waals surface area contributed by atoms with Crippen LogP contribution in [0.5, 0.6) is 0 Å². The Kier molecular flexibility index (Phi) is 4.32. The molecular weight excluding hydrogens is 188 g/mol. The maximum Gasteiger partial charge on any atom is 0.0599 e. The number of hydrogen-bond acceptors (Lipinski definition) is 3. The number of aliphatic hydroxyl groups is 1. The fourth-order valence-corrected chi connectivity index (χ4v) is 2.48. The molecule has 3 heteroatoms. The second kappa shape index (κ2) is 5.10. The maximum absolute atomic E-state index is 9.35. The van der Waals surface area contributed by atoms with Crippen LogP contribution in [0.15, 0.2) is 12.7 Å². The highest BCUT2D eigenvalue weighted by Crippen LogP contribution is 2.23. The van der Waals surface area contributed by atoms with Gasteiger partial charge in [0.05, 0.1) is 6.61 Å². The van der Waals surface area contributed by atoms with E-state index in [1.165, 1.54) is 0 Å². The fourth-order valence-electron chi connectivity index (χ4n) is 2.48. The van der Waals surface area contributed by atoms with Gasteiger partial charge in [-0.1, -0.05) is 19.9 Å². The molecule has 0 saturated carbocycles. The summed E-state index contributed by atoms with van der Waals surface area (Å²) in [5.41, 5.74) is 0.279. The molecule has 1 saturated heterocycles. The van der Waals surface area contributed by atoms with Crippen LogP contribution >= 0.6 is 0 Å². The van der Waals surface area contributed by atoms with Crippen molar-refractivity contribution in [3.63, 3.8) is 0 Å². The third-order valence-electron chi connectivity index (χ3n) is 3.02. The molecular formula is C12H24N2O. The minimum atomic E-state index is 0.236. The molecule has 1 atom stereocenters. The van der Waals surface area contributed by atoms with Crippen LogP contribution in [0.25, 0.3) is 0 Å². The first-order valence-corrected chi connectivity index (χ1v) is 5.63. The Hall–Kier alpha value is -0.380. The normalized spacial score (nSPS) is 28.7. The zero-order valence-corrected chi connectivity index (χ0v) is 10.2. The van der Waals surface area contributed by atoms with Crippen molar-refractivity contribution >= 4 is 0 Å². The Labute approximate surface area is 93.4 Å². The molecule has 1 fully saturated rings. The van der Waals surface area contributed by atoms with Crippen LogP contribution < -0.4 is 0 Å². The fraction of sp³-hybridized carbons (Fsp3) is 0.833. The smallest absolute Gasteiger partial charge is 0.0599 e. The van der Waals surface area contributed by atoms with Gasteiger partial charge in [0, 0.05) is 32.2 Å². The number of likely N-dealkylation sites (N-methyl/N-ethyl adjacent to an activating group) is 1. The summed E-state index contributed by atoms with van der Waals surface area (Å²) in [6.45, 7) is 12.5. The van der Waals surface area contributed by atoms with E-state index in [2.05, 4.69) is 37.3 Å². The molecule has 1 aliphatic heterocycles. The Morgan fingerprint density at radius 3 is 2.67 bits per heavy atom. The maximum atomic E-state index is 9.35. The molecule has 0 amide bonds. The van der Waals surface area contributed by atoms with Crippen LogP contribution in [-0.4, -0.2) is 60.8 Å². The van der Waals surface area contributed by atoms with Gasteiger partial charge in [0.1, 0.15) is 0 Å². The van der Waals surface area contributed by atoms with E-state index in [1.807, 2.05) is 6.08 Å². The quantitative estimate of drug-likeness (QED) is 0.701. The summed E-state index contributed by atoms with van der Waals surface area (Å²) < 4.78 is 0. The lowest BCUT2D eigenvalue weighted by Crippen LogP contribution is -2.41. The SMILES string of the molecule is C=CCN1CC(CO)N(C)CC(C)(C)C1. The molecule has 0 aromatic heterocycles. The van der Waals surface area contributed by atoms with E-state index in [4.69, 9.17) is 0 Å². The largest absolute Gasteiger partial charge is 0.395 e. The molecule has 88 valence electrons. The van der Waals surface area contributed by atoms with Gasteiger partial charge in [-0.3, -0.25) is 9.80 Å². The van der Waals surface area contributed by atoms with Crippen LogP contribution in [0, 0.1) is 5.41 Å². The van der Waals surface area contributed by atoms with Gasteiger partial charge in [-0.15, -0.1) is 6.58 Å². The predicted molar refractivity (Wildman–Crippen MR) is 63.9 cm³/mol. The molecule has 0 aromatic rings. The van der Waals surface area contributed by atoms with Crippen LogP contribution in [0.2, 0.25) is 0 Å². The van der Waals surface area contributed by atoms with Crippen molar-refractivity contribution in [2.45, 2.75) is 19.9 Å². The minimum absolute atomic E-state index is 0.236. The topological polar surface area (TPSA) is 26.7 Å². The molecule has 0 aliphatic carbocycles. The van der Waals surface area contributed by atoms with Crippen LogP contribution in [0.1, 0.15) is 13.8 Å². The van der Waals surface area contributed by atoms with Gasteiger partial charge in [0.2, 0.25) is 0 Å². The average molecular weight is 212 g/mol. The first-order valence-electron chi connectivity index (χ1n) is 5.63. The van der Waals surface area contributed by atoms with E-state index in [-0.39, 0.29) is 18.1 Å². The van der Waals surface area contributed by atoms with Crippen LogP contribution in [-0.2, 0) is 0 Å². The summed E-state index contributed by atoms with van der Waals surface area (Å²) in [6, 6.07) is 0.256. The molecule has 0 bridgehead atoms. The highest BCUT2D eigenvalue weighted by molar-refractivity contribution is 4.88. The van der Waals surface area contributed by atoms with Crippen molar-refractivity contribution in [2.75, 3.05) is 39.8 Å². The van der Waals surface area contributed by atoms with Crippen molar-refractivity contribution in [3.05, 3.63) is 12.7 Å². The molecule has 1 rings (SSSR count). The van der Waals surface area contributed by atoms with Crippen LogP contribution in [0.3, 0.4) is 0 Å². The van der Waals surface area contributed by atoms with Gasteiger partial charge in [0.25, 0.3) is 0 Å². The van der Waals surface area contributed by atoms with Crippen molar-refractivity contribution in [3.8, 4) is 0 Å². The van der Waals surface area contributed by atoms with Crippen molar-refractivity contribution < 1.29 is 5.11 Å². The lowest BCUT2D eigenvalue weighted by atomic mass is 9.93. The van der Waals surface area contributed by atoms with Gasteiger partial charge in [-0.05, 0) is 12.5 Å². The molecule has 1 aliphatic rings. The van der Waals surface area contributed by atoms with Gasteiger partial charge < -0.3 is 5.11 Å². The van der Waals surface area contributed by atoms with Gasteiger partial charge >= 0.3 is 0 Å². The zero-order chi connectivity index (χ0) is 11.5. The second-order valence-corrected chi connectivity index (χ2v) is 5.40. The zero-order valence-electron chi connectivity index (χ0n) is 10.2. The first kappa shape index (κ1) is 12.7. The summed E-state index contributed by atoms with van der Waals surface area (Å²) >= 11 is 0. The summed E-state index contributed by atoms with van der Waals surface area (Å²) in [7, 11) is 2.10. The Morgan fingerprint density at radius 2 is 2.13 bits per heavy atom. The summed E-state index contributed by atoms with van der Waals surface area (Å²) in [6.07, 6.45) is 1.94. The van der Waals surface area contributed by atoms with E-state index < -0.39 is 0 Å². The van der Waals surface area contributed by atoms with E-state index in [9.17, 15) is 5.11 Å². The highest BCUT2D eigenvalue weighted by Gasteiger charge is 2.31. The summed E-state index contributed by atoms with van der Waals surface area (Å²) in [5.74, 6) is 0. The number of rotatable bonds is 3. The number of hydrogen-bond donors (Lipinski definition) is 1. The summed E-state index contributed by atoms with van der Waals surface area (Å²) in [5, 5.41) is 9.35. The molecule has 15 heavy (non-hydrogen) atoms. The van der Waals surface area contributed by atoms with E-state index in [1.54, 1.807) is 0 Å².